The van der Waals surface area contributed by atoms with Crippen molar-refractivity contribution < 1.29 is 17.5 Å². The Morgan fingerprint density at radius 3 is 1.57 bits per heavy atom. The number of nitrogens with zero attached hydrogens (tertiary/aromatic N) is 2. The van der Waals surface area contributed by atoms with E-state index in [9.17, 15) is 8.42 Å². The molecule has 1 heterocycles. The zero-order valence-electron chi connectivity index (χ0n) is 27.4. The third kappa shape index (κ3) is 6.24. The Balaban J connectivity index is 1.25. The van der Waals surface area contributed by atoms with Gasteiger partial charge < -0.3 is 4.90 Å². The van der Waals surface area contributed by atoms with Gasteiger partial charge in [0.2, 0.25) is 0 Å². The minimum Gasteiger partial charge on any atom is -0.372 e. The van der Waals surface area contributed by atoms with E-state index in [2.05, 4.69) is 121 Å². The van der Waals surface area contributed by atoms with Crippen LogP contribution in [0.3, 0.4) is 0 Å². The predicted molar refractivity (Wildman–Crippen MR) is 199 cm³/mol. The molecule has 1 N–H and O–H groups in total. The molecular weight excluding hydrogens is 601 g/mol. The fraction of sp³-hybridized carbons (Fsp3) is 0.293. The topological polar surface area (TPSA) is 61.5 Å². The second-order valence-electron chi connectivity index (χ2n) is 13.0. The van der Waals surface area contributed by atoms with E-state index < -0.39 is 10.1 Å². The third-order valence-corrected chi connectivity index (χ3v) is 10.6. The molecule has 6 aromatic carbocycles. The zero-order chi connectivity index (χ0) is 32.5. The quantitative estimate of drug-likeness (QED) is 0.0623. The van der Waals surface area contributed by atoms with E-state index >= 15 is 0 Å². The largest absolute Gasteiger partial charge is 0.372 e. The molecule has 0 unspecified atom stereocenters. The van der Waals surface area contributed by atoms with Crippen LogP contribution in [0.2, 0.25) is 0 Å². The smallest absolute Gasteiger partial charge is 0.264 e. The van der Waals surface area contributed by atoms with Crippen LogP contribution in [-0.4, -0.2) is 31.8 Å². The van der Waals surface area contributed by atoms with E-state index in [-0.39, 0.29) is 5.75 Å². The maximum absolute atomic E-state index is 11.0. The van der Waals surface area contributed by atoms with Gasteiger partial charge in [-0.05, 0) is 91.3 Å². The molecule has 0 amide bonds. The molecule has 0 aliphatic carbocycles. The molecule has 0 radical (unpaired) electrons. The third-order valence-electron chi connectivity index (χ3n) is 9.80. The monoisotopic (exact) mass is 643 g/mol. The molecule has 0 aliphatic rings. The number of hydrogen-bond donors (Lipinski definition) is 1. The van der Waals surface area contributed by atoms with Gasteiger partial charge in [-0.25, -0.2) is 4.57 Å². The van der Waals surface area contributed by atoms with Gasteiger partial charge in [0.05, 0.1) is 5.75 Å². The van der Waals surface area contributed by atoms with Crippen LogP contribution in [0, 0.1) is 0 Å². The molecule has 7 rings (SSSR count). The van der Waals surface area contributed by atoms with Gasteiger partial charge in [0, 0.05) is 42.0 Å². The van der Waals surface area contributed by atoms with E-state index in [0.29, 0.717) is 19.4 Å². The maximum Gasteiger partial charge on any atom is 0.264 e. The first-order chi connectivity index (χ1) is 22.8. The fourth-order valence-electron chi connectivity index (χ4n) is 7.30. The Kier molecular flexibility index (Phi) is 8.73. The van der Waals surface area contributed by atoms with Gasteiger partial charge in [-0.2, -0.15) is 8.42 Å². The lowest BCUT2D eigenvalue weighted by Crippen LogP contribution is -2.32. The second kappa shape index (κ2) is 13.1. The lowest BCUT2D eigenvalue weighted by molar-refractivity contribution is -0.696. The highest BCUT2D eigenvalue weighted by molar-refractivity contribution is 7.85. The van der Waals surface area contributed by atoms with Gasteiger partial charge in [0.1, 0.15) is 6.54 Å². The van der Waals surface area contributed by atoms with Crippen LogP contribution in [0.15, 0.2) is 97.3 Å². The molecule has 0 saturated carbocycles. The van der Waals surface area contributed by atoms with E-state index in [1.54, 1.807) is 0 Å². The van der Waals surface area contributed by atoms with Crippen LogP contribution < -0.4 is 9.47 Å². The number of hydrogen-bond acceptors (Lipinski definition) is 3. The molecule has 6 heteroatoms. The van der Waals surface area contributed by atoms with Crippen molar-refractivity contribution in [2.24, 2.45) is 0 Å². The van der Waals surface area contributed by atoms with Crippen LogP contribution in [0.5, 0.6) is 0 Å². The zero-order valence-corrected chi connectivity index (χ0v) is 28.2. The Morgan fingerprint density at radius 1 is 0.574 bits per heavy atom. The summed E-state index contributed by atoms with van der Waals surface area (Å²) in [6.07, 6.45) is 10.2. The van der Waals surface area contributed by atoms with Gasteiger partial charge in [-0.3, -0.25) is 4.55 Å². The minimum absolute atomic E-state index is 0.196. The van der Waals surface area contributed by atoms with Gasteiger partial charge in [-0.1, -0.05) is 87.4 Å². The first-order valence-electron chi connectivity index (χ1n) is 17.1. The van der Waals surface area contributed by atoms with Crippen LogP contribution >= 0.6 is 0 Å². The Labute approximate surface area is 277 Å². The highest BCUT2D eigenvalue weighted by Gasteiger charge is 2.14. The van der Waals surface area contributed by atoms with Crippen LogP contribution in [0.4, 0.5) is 5.69 Å². The molecule has 0 atom stereocenters. The van der Waals surface area contributed by atoms with Crippen molar-refractivity contribution in [1.82, 2.24) is 0 Å². The summed E-state index contributed by atoms with van der Waals surface area (Å²) in [4.78, 5) is 2.56. The Bertz CT molecular complexity index is 2380. The molecule has 240 valence electrons. The highest BCUT2D eigenvalue weighted by Crippen LogP contribution is 2.38. The summed E-state index contributed by atoms with van der Waals surface area (Å²) in [5.41, 5.74) is 1.33. The Hall–Kier alpha value is -4.26. The number of benzene rings is 6. The van der Waals surface area contributed by atoms with Crippen LogP contribution in [0.1, 0.15) is 52.4 Å². The Morgan fingerprint density at radius 2 is 1.04 bits per heavy atom. The average molecular weight is 644 g/mol. The van der Waals surface area contributed by atoms with Crippen molar-refractivity contribution >= 4 is 80.4 Å². The molecule has 7 aromatic rings. The summed E-state index contributed by atoms with van der Waals surface area (Å²) in [6.45, 7) is 7.46. The normalized spacial score (nSPS) is 12.3. The fourth-order valence-corrected chi connectivity index (χ4v) is 7.86. The summed E-state index contributed by atoms with van der Waals surface area (Å²) in [5.74, 6) is -0.196. The average Bonchev–Trinajstić information content (AvgIpc) is 3.08. The molecule has 0 spiro atoms. The molecule has 47 heavy (non-hydrogen) atoms. The van der Waals surface area contributed by atoms with E-state index in [1.165, 1.54) is 90.6 Å². The highest BCUT2D eigenvalue weighted by atomic mass is 32.2. The first-order valence-corrected chi connectivity index (χ1v) is 18.7. The predicted octanol–water partition coefficient (Wildman–Crippen LogP) is 9.97. The molecule has 5 nitrogen and oxygen atoms in total. The van der Waals surface area contributed by atoms with E-state index in [1.807, 2.05) is 0 Å². The van der Waals surface area contributed by atoms with Crippen LogP contribution in [-0.2, 0) is 16.7 Å². The molecule has 0 saturated heterocycles. The number of aromatic nitrogens is 1. The maximum atomic E-state index is 11.0. The number of pyridine rings is 1. The molecule has 0 bridgehead atoms. The van der Waals surface area contributed by atoms with Crippen LogP contribution in [0.25, 0.3) is 64.6 Å². The summed E-state index contributed by atoms with van der Waals surface area (Å²) in [7, 11) is -3.91. The van der Waals surface area contributed by atoms with Gasteiger partial charge in [0.25, 0.3) is 10.1 Å². The van der Waals surface area contributed by atoms with Crippen molar-refractivity contribution in [2.45, 2.75) is 58.9 Å². The standard InChI is InChI=1S/C41H42N2O3S/c1-3-5-23-43(24-6-4-2)31-11-14-32-29(27-31)9-12-36-34(32)15-17-40-38(36)19-20-39-37-13-10-30-28-42(22-7-8-26-47(44,45)46)25-21-33(30)35(37)16-18-41(39)40/h9-21,25,27-28H,3-8,22-24,26H2,1-2H3/p+1. The van der Waals surface area contributed by atoms with E-state index in [4.69, 9.17) is 4.55 Å². The first kappa shape index (κ1) is 31.3. The number of anilines is 1. The number of unbranched alkanes of at least 4 members (excludes halogenated alkanes) is 3. The summed E-state index contributed by atoms with van der Waals surface area (Å²) in [6, 6.07) is 31.9. The molecule has 1 aromatic heterocycles. The van der Waals surface area contributed by atoms with Gasteiger partial charge in [0.15, 0.2) is 12.4 Å². The van der Waals surface area contributed by atoms with Crippen molar-refractivity contribution in [2.75, 3.05) is 23.7 Å². The van der Waals surface area contributed by atoms with Crippen molar-refractivity contribution in [1.29, 1.82) is 0 Å². The number of fused-ring (bicyclic) bond motifs is 11. The molecule has 0 aliphatic heterocycles. The number of aryl methyl sites for hydroxylation is 1. The SMILES string of the molecule is CCCCN(CCCC)c1ccc2c(ccc3c2ccc2c3ccc3c4ccc5c[n+](CCCCS(=O)(=O)O)ccc5c4ccc32)c1. The van der Waals surface area contributed by atoms with E-state index in [0.717, 1.165) is 18.5 Å². The van der Waals surface area contributed by atoms with Crippen molar-refractivity contribution in [3.8, 4) is 0 Å². The lowest BCUT2D eigenvalue weighted by Gasteiger charge is -2.25. The number of rotatable bonds is 12. The lowest BCUT2D eigenvalue weighted by atomic mass is 9.91. The molecule has 0 fully saturated rings. The van der Waals surface area contributed by atoms with Crippen molar-refractivity contribution in [3.63, 3.8) is 0 Å². The summed E-state index contributed by atoms with van der Waals surface area (Å²) in [5, 5.41) is 15.1. The summed E-state index contributed by atoms with van der Waals surface area (Å²) < 4.78 is 33.2. The minimum atomic E-state index is -3.91. The molecular formula is C41H43N2O3S+. The van der Waals surface area contributed by atoms with Gasteiger partial charge in [-0.15, -0.1) is 0 Å². The van der Waals surface area contributed by atoms with Crippen molar-refractivity contribution in [3.05, 3.63) is 97.3 Å². The van der Waals surface area contributed by atoms with Gasteiger partial charge >= 0.3 is 0 Å². The summed E-state index contributed by atoms with van der Waals surface area (Å²) >= 11 is 0. The second-order valence-corrected chi connectivity index (χ2v) is 14.6.